The van der Waals surface area contributed by atoms with Gasteiger partial charge in [-0.2, -0.15) is 18.3 Å². The Kier molecular flexibility index (Phi) is 5.12. The van der Waals surface area contributed by atoms with Crippen molar-refractivity contribution in [1.29, 1.82) is 0 Å². The van der Waals surface area contributed by atoms with Crippen molar-refractivity contribution in [3.05, 3.63) is 79.7 Å². The number of nitrogens with one attached hydrogen (secondary N) is 1. The topological polar surface area (TPSA) is 97.9 Å². The summed E-state index contributed by atoms with van der Waals surface area (Å²) >= 11 is 7.11. The fourth-order valence-electron chi connectivity index (χ4n) is 2.59. The van der Waals surface area contributed by atoms with Crippen LogP contribution in [0.15, 0.2) is 57.6 Å². The van der Waals surface area contributed by atoms with E-state index in [1.807, 2.05) is 0 Å². The molecule has 0 amide bonds. The second kappa shape index (κ2) is 7.61. The van der Waals surface area contributed by atoms with E-state index in [1.165, 1.54) is 24.5 Å². The lowest BCUT2D eigenvalue weighted by Gasteiger charge is -2.11. The molecule has 3 aromatic heterocycles. The van der Waals surface area contributed by atoms with Crippen LogP contribution in [0.1, 0.15) is 11.1 Å². The number of H-pyrrole nitrogens is 1. The smallest absolute Gasteiger partial charge is 0.324 e. The molecule has 30 heavy (non-hydrogen) atoms. The summed E-state index contributed by atoms with van der Waals surface area (Å²) in [6.45, 7) is 0. The molecule has 0 saturated carbocycles. The van der Waals surface area contributed by atoms with Gasteiger partial charge in [-0.05, 0) is 17.7 Å². The predicted octanol–water partition coefficient (Wildman–Crippen LogP) is 2.93. The van der Waals surface area contributed by atoms with Crippen molar-refractivity contribution in [3.63, 3.8) is 0 Å². The van der Waals surface area contributed by atoms with Crippen LogP contribution >= 0.6 is 23.4 Å². The molecule has 4 aromatic rings. The Bertz CT molecular complexity index is 1330. The third-order valence-electron chi connectivity index (χ3n) is 4.02. The van der Waals surface area contributed by atoms with E-state index >= 15 is 0 Å². The third kappa shape index (κ3) is 3.83. The van der Waals surface area contributed by atoms with E-state index in [9.17, 15) is 22.8 Å². The highest BCUT2D eigenvalue weighted by atomic mass is 35.5. The van der Waals surface area contributed by atoms with Crippen LogP contribution in [-0.2, 0) is 11.9 Å². The zero-order valence-electron chi connectivity index (χ0n) is 14.7. The van der Waals surface area contributed by atoms with E-state index in [-0.39, 0.29) is 27.3 Å². The lowest BCUT2D eigenvalue weighted by Crippen LogP contribution is -2.26. The van der Waals surface area contributed by atoms with E-state index in [1.54, 1.807) is 0 Å². The monoisotopic (exact) mass is 454 g/mol. The Morgan fingerprint density at radius 3 is 2.50 bits per heavy atom. The number of hydrogen-bond acceptors (Lipinski definition) is 6. The number of hydrogen-bond donors (Lipinski definition) is 1. The van der Waals surface area contributed by atoms with Crippen LogP contribution in [0.25, 0.3) is 11.3 Å². The first-order valence-corrected chi connectivity index (χ1v) is 9.61. The molecule has 0 aliphatic carbocycles. The molecule has 0 unspecified atom stereocenters. The number of aromatic amines is 1. The minimum absolute atomic E-state index is 0.0172. The summed E-state index contributed by atoms with van der Waals surface area (Å²) in [6.07, 6.45) is -0.906. The first-order chi connectivity index (χ1) is 14.2. The summed E-state index contributed by atoms with van der Waals surface area (Å²) in [5, 5.41) is 8.44. The van der Waals surface area contributed by atoms with Gasteiger partial charge in [-0.25, -0.2) is 9.55 Å². The fraction of sp³-hybridized carbons (Fsp3) is 0.118. The summed E-state index contributed by atoms with van der Waals surface area (Å²) in [7, 11) is 0. The van der Waals surface area contributed by atoms with E-state index < -0.39 is 22.9 Å². The molecule has 154 valence electrons. The van der Waals surface area contributed by atoms with Gasteiger partial charge in [-0.3, -0.25) is 9.59 Å². The lowest BCUT2D eigenvalue weighted by atomic mass is 10.1. The van der Waals surface area contributed by atoms with E-state index in [0.717, 1.165) is 39.3 Å². The zero-order valence-corrected chi connectivity index (χ0v) is 16.3. The van der Waals surface area contributed by atoms with Crippen molar-refractivity contribution in [2.75, 3.05) is 0 Å². The minimum Gasteiger partial charge on any atom is -0.324 e. The molecule has 0 aliphatic heterocycles. The maximum absolute atomic E-state index is 13.0. The molecule has 0 aliphatic rings. The van der Waals surface area contributed by atoms with Gasteiger partial charge in [0, 0.05) is 11.9 Å². The van der Waals surface area contributed by atoms with Gasteiger partial charge in [0.15, 0.2) is 16.5 Å². The standard InChI is InChI=1S/C17H10ClF3N6O2S/c18-11-5-24-27-14(11)15(29)26(12-6-23-13(28)7-22-12)16(25-27)30-8-9-1-3-10(4-2-9)17(19,20)21/h1-7H,8H2,(H,23,28). The highest BCUT2D eigenvalue weighted by Gasteiger charge is 2.30. The quantitative estimate of drug-likeness (QED) is 0.476. The van der Waals surface area contributed by atoms with Crippen molar-refractivity contribution in [1.82, 2.24) is 29.4 Å². The van der Waals surface area contributed by atoms with Crippen molar-refractivity contribution in [3.8, 4) is 5.82 Å². The molecule has 8 nitrogen and oxygen atoms in total. The van der Waals surface area contributed by atoms with Crippen molar-refractivity contribution in [2.24, 2.45) is 0 Å². The molecule has 3 heterocycles. The van der Waals surface area contributed by atoms with Crippen molar-refractivity contribution < 1.29 is 13.2 Å². The SMILES string of the molecule is O=c1cnc(-n2c(SCc3ccc(C(F)(F)F)cc3)nn3ncc(Cl)c3c2=O)c[nH]1. The van der Waals surface area contributed by atoms with Gasteiger partial charge in [0.05, 0.1) is 23.0 Å². The van der Waals surface area contributed by atoms with Gasteiger partial charge >= 0.3 is 6.18 Å². The van der Waals surface area contributed by atoms with Crippen molar-refractivity contribution in [2.45, 2.75) is 17.1 Å². The molecule has 0 fully saturated rings. The van der Waals surface area contributed by atoms with Crippen molar-refractivity contribution >= 4 is 28.9 Å². The second-order valence-electron chi connectivity index (χ2n) is 6.01. The molecule has 0 spiro atoms. The predicted molar refractivity (Wildman–Crippen MR) is 103 cm³/mol. The Morgan fingerprint density at radius 2 is 1.87 bits per heavy atom. The lowest BCUT2D eigenvalue weighted by molar-refractivity contribution is -0.137. The molecule has 13 heteroatoms. The highest BCUT2D eigenvalue weighted by Crippen LogP contribution is 2.30. The van der Waals surface area contributed by atoms with Crippen LogP contribution < -0.4 is 11.1 Å². The number of halogens is 4. The average molecular weight is 455 g/mol. The number of aromatic nitrogens is 6. The van der Waals surface area contributed by atoms with Gasteiger partial charge in [0.25, 0.3) is 11.1 Å². The fourth-order valence-corrected chi connectivity index (χ4v) is 3.72. The van der Waals surface area contributed by atoms with E-state index in [2.05, 4.69) is 20.2 Å². The van der Waals surface area contributed by atoms with Gasteiger partial charge in [-0.1, -0.05) is 35.5 Å². The Morgan fingerprint density at radius 1 is 1.13 bits per heavy atom. The molecule has 0 bridgehead atoms. The van der Waals surface area contributed by atoms with Gasteiger partial charge in [0.1, 0.15) is 0 Å². The first kappa shape index (κ1) is 20.2. The number of nitrogens with zero attached hydrogens (tertiary/aromatic N) is 5. The number of rotatable bonds is 4. The summed E-state index contributed by atoms with van der Waals surface area (Å²) in [5.41, 5.74) is -1.18. The number of alkyl halides is 3. The molecule has 4 rings (SSSR count). The average Bonchev–Trinajstić information content (AvgIpc) is 3.08. The number of fused-ring (bicyclic) bond motifs is 1. The van der Waals surface area contributed by atoms with E-state index in [0.29, 0.717) is 5.56 Å². The summed E-state index contributed by atoms with van der Waals surface area (Å²) < 4.78 is 40.4. The van der Waals surface area contributed by atoms with E-state index in [4.69, 9.17) is 11.6 Å². The molecular weight excluding hydrogens is 445 g/mol. The number of thioether (sulfide) groups is 1. The molecule has 0 radical (unpaired) electrons. The van der Waals surface area contributed by atoms with Crippen LogP contribution in [-0.4, -0.2) is 29.4 Å². The molecular formula is C17H10ClF3N6O2S. The van der Waals surface area contributed by atoms with Crippen LogP contribution in [0.5, 0.6) is 0 Å². The number of benzene rings is 1. The Balaban J connectivity index is 1.74. The van der Waals surface area contributed by atoms with Gasteiger partial charge < -0.3 is 4.98 Å². The van der Waals surface area contributed by atoms with Crippen LogP contribution in [0, 0.1) is 0 Å². The van der Waals surface area contributed by atoms with Gasteiger partial charge in [0.2, 0.25) is 0 Å². The van der Waals surface area contributed by atoms with Gasteiger partial charge in [-0.15, -0.1) is 9.73 Å². The normalized spacial score (nSPS) is 11.9. The summed E-state index contributed by atoms with van der Waals surface area (Å²) in [4.78, 5) is 30.7. The van der Waals surface area contributed by atoms with Crippen LogP contribution in [0.2, 0.25) is 5.02 Å². The summed E-state index contributed by atoms with van der Waals surface area (Å²) in [5.74, 6) is 0.316. The second-order valence-corrected chi connectivity index (χ2v) is 7.36. The highest BCUT2D eigenvalue weighted by molar-refractivity contribution is 7.98. The van der Waals surface area contributed by atoms with Crippen LogP contribution in [0.3, 0.4) is 0 Å². The zero-order chi connectivity index (χ0) is 21.5. The maximum atomic E-state index is 13.0. The molecule has 1 N–H and O–H groups in total. The Hall–Kier alpha value is -3.12. The molecule has 0 atom stereocenters. The Labute approximate surface area is 174 Å². The maximum Gasteiger partial charge on any atom is 0.416 e. The van der Waals surface area contributed by atoms with Crippen LogP contribution in [0.4, 0.5) is 13.2 Å². The third-order valence-corrected chi connectivity index (χ3v) is 5.30. The largest absolute Gasteiger partial charge is 0.416 e. The first-order valence-electron chi connectivity index (χ1n) is 8.24. The molecule has 0 saturated heterocycles. The molecule has 1 aromatic carbocycles. The minimum atomic E-state index is -4.42. The summed E-state index contributed by atoms with van der Waals surface area (Å²) in [6, 6.07) is 4.66.